The molecule has 0 bridgehead atoms. The van der Waals surface area contributed by atoms with Gasteiger partial charge in [-0.2, -0.15) is 0 Å². The third-order valence-corrected chi connectivity index (χ3v) is 3.05. The van der Waals surface area contributed by atoms with Crippen molar-refractivity contribution in [2.45, 2.75) is 6.61 Å². The van der Waals surface area contributed by atoms with Crippen LogP contribution in [0.3, 0.4) is 0 Å². The molecule has 0 aliphatic heterocycles. The minimum absolute atomic E-state index is 0.465. The van der Waals surface area contributed by atoms with E-state index in [9.17, 15) is 0 Å². The molecular weight excluding hydrogens is 258 g/mol. The lowest BCUT2D eigenvalue weighted by molar-refractivity contribution is 0.307. The fourth-order valence-corrected chi connectivity index (χ4v) is 2.18. The van der Waals surface area contributed by atoms with Gasteiger partial charge in [0.25, 0.3) is 0 Å². The molecule has 2 nitrogen and oxygen atoms in total. The fourth-order valence-electron chi connectivity index (χ4n) is 1.96. The summed E-state index contributed by atoms with van der Waals surface area (Å²) in [7, 11) is 0. The normalized spacial score (nSPS) is 10.6. The van der Waals surface area contributed by atoms with Crippen LogP contribution in [-0.2, 0) is 6.61 Å². The average Bonchev–Trinajstić information content (AvgIpc) is 2.45. The summed E-state index contributed by atoms with van der Waals surface area (Å²) in [5, 5.41) is 1.55. The Kier molecular flexibility index (Phi) is 3.34. The second-order valence-electron chi connectivity index (χ2n) is 4.15. The monoisotopic (exact) mass is 268 g/mol. The van der Waals surface area contributed by atoms with Gasteiger partial charge in [-0.15, -0.1) is 0 Å². The van der Waals surface area contributed by atoms with E-state index in [4.69, 9.17) is 16.3 Å². The van der Waals surface area contributed by atoms with Crippen LogP contribution in [0.2, 0.25) is 5.15 Å². The first-order valence-corrected chi connectivity index (χ1v) is 6.34. The van der Waals surface area contributed by atoms with Crippen molar-refractivity contribution in [2.75, 3.05) is 0 Å². The standard InChI is InChI=1S/C16H11ClNO/c17-16-10-12(11-19-13-6-2-1-3-7-13)14-8-4-5-9-15(14)18-16/h2-10H,11H2. The van der Waals surface area contributed by atoms with Gasteiger partial charge in [-0.25, -0.2) is 4.98 Å². The molecule has 93 valence electrons. The Bertz CT molecular complexity index is 697. The predicted octanol–water partition coefficient (Wildman–Crippen LogP) is 4.27. The maximum absolute atomic E-state index is 6.03. The van der Waals surface area contributed by atoms with Gasteiger partial charge in [0.1, 0.15) is 17.5 Å². The molecule has 0 aliphatic carbocycles. The Morgan fingerprint density at radius 1 is 1.11 bits per heavy atom. The third-order valence-electron chi connectivity index (χ3n) is 2.85. The number of halogens is 1. The zero-order chi connectivity index (χ0) is 13.1. The first-order chi connectivity index (χ1) is 9.33. The molecule has 0 unspecified atom stereocenters. The smallest absolute Gasteiger partial charge is 0.130 e. The molecule has 2 aromatic carbocycles. The SMILES string of the molecule is Clc1cc(COc2cc[c]cc2)c2ccccc2n1. The van der Waals surface area contributed by atoms with Crippen molar-refractivity contribution in [3.8, 4) is 5.75 Å². The largest absolute Gasteiger partial charge is 0.489 e. The molecule has 0 aliphatic rings. The Hall–Kier alpha value is -2.06. The molecule has 1 heterocycles. The molecular formula is C16H11ClNO. The van der Waals surface area contributed by atoms with Gasteiger partial charge in [0.2, 0.25) is 0 Å². The van der Waals surface area contributed by atoms with Crippen LogP contribution in [0.4, 0.5) is 0 Å². The molecule has 0 amide bonds. The van der Waals surface area contributed by atoms with Crippen molar-refractivity contribution < 1.29 is 4.74 Å². The second-order valence-corrected chi connectivity index (χ2v) is 4.53. The van der Waals surface area contributed by atoms with E-state index >= 15 is 0 Å². The molecule has 0 spiro atoms. The molecule has 0 fully saturated rings. The topological polar surface area (TPSA) is 22.1 Å². The number of nitrogens with zero attached hydrogens (tertiary/aromatic N) is 1. The maximum atomic E-state index is 6.03. The van der Waals surface area contributed by atoms with E-state index in [-0.39, 0.29) is 0 Å². The molecule has 0 N–H and O–H groups in total. The quantitative estimate of drug-likeness (QED) is 0.662. The molecule has 0 saturated heterocycles. The van der Waals surface area contributed by atoms with E-state index < -0.39 is 0 Å². The van der Waals surface area contributed by atoms with Crippen LogP contribution >= 0.6 is 11.6 Å². The van der Waals surface area contributed by atoms with Crippen LogP contribution in [0.25, 0.3) is 10.9 Å². The van der Waals surface area contributed by atoms with Crippen molar-refractivity contribution in [1.82, 2.24) is 4.98 Å². The lowest BCUT2D eigenvalue weighted by Gasteiger charge is -2.09. The van der Waals surface area contributed by atoms with E-state index in [2.05, 4.69) is 11.1 Å². The molecule has 3 aromatic rings. The average molecular weight is 269 g/mol. The minimum atomic E-state index is 0.465. The summed E-state index contributed by atoms with van der Waals surface area (Å²) >= 11 is 6.03. The Labute approximate surface area is 116 Å². The van der Waals surface area contributed by atoms with Gasteiger partial charge >= 0.3 is 0 Å². The number of benzene rings is 2. The number of hydrogen-bond acceptors (Lipinski definition) is 2. The molecule has 1 radical (unpaired) electrons. The fraction of sp³-hybridized carbons (Fsp3) is 0.0625. The van der Waals surface area contributed by atoms with E-state index in [0.717, 1.165) is 22.2 Å². The van der Waals surface area contributed by atoms with Crippen LogP contribution < -0.4 is 4.74 Å². The summed E-state index contributed by atoms with van der Waals surface area (Å²) in [6.07, 6.45) is 0. The van der Waals surface area contributed by atoms with Crippen molar-refractivity contribution in [3.63, 3.8) is 0 Å². The molecule has 19 heavy (non-hydrogen) atoms. The minimum Gasteiger partial charge on any atom is -0.489 e. The van der Waals surface area contributed by atoms with Crippen molar-refractivity contribution >= 4 is 22.5 Å². The lowest BCUT2D eigenvalue weighted by Crippen LogP contribution is -1.97. The zero-order valence-electron chi connectivity index (χ0n) is 10.1. The number of aromatic nitrogens is 1. The summed E-state index contributed by atoms with van der Waals surface area (Å²) in [4.78, 5) is 4.30. The van der Waals surface area contributed by atoms with Gasteiger partial charge < -0.3 is 4.74 Å². The number of rotatable bonds is 3. The van der Waals surface area contributed by atoms with E-state index in [1.54, 1.807) is 0 Å². The van der Waals surface area contributed by atoms with Gasteiger partial charge in [0, 0.05) is 10.9 Å². The number of fused-ring (bicyclic) bond motifs is 1. The van der Waals surface area contributed by atoms with Crippen molar-refractivity contribution in [3.05, 3.63) is 71.4 Å². The third kappa shape index (κ3) is 2.69. The van der Waals surface area contributed by atoms with Gasteiger partial charge in [0.05, 0.1) is 5.52 Å². The summed E-state index contributed by atoms with van der Waals surface area (Å²) < 4.78 is 5.75. The number of para-hydroxylation sites is 1. The van der Waals surface area contributed by atoms with Gasteiger partial charge in [0.15, 0.2) is 0 Å². The highest BCUT2D eigenvalue weighted by molar-refractivity contribution is 6.29. The van der Waals surface area contributed by atoms with Crippen LogP contribution in [0.1, 0.15) is 5.56 Å². The second kappa shape index (κ2) is 5.29. The van der Waals surface area contributed by atoms with Crippen LogP contribution in [-0.4, -0.2) is 4.98 Å². The molecule has 0 atom stereocenters. The Morgan fingerprint density at radius 2 is 1.89 bits per heavy atom. The zero-order valence-corrected chi connectivity index (χ0v) is 10.9. The number of hydrogen-bond donors (Lipinski definition) is 0. The van der Waals surface area contributed by atoms with Crippen LogP contribution in [0.5, 0.6) is 5.75 Å². The maximum Gasteiger partial charge on any atom is 0.130 e. The van der Waals surface area contributed by atoms with E-state index in [0.29, 0.717) is 11.8 Å². The van der Waals surface area contributed by atoms with E-state index in [1.807, 2.05) is 54.6 Å². The Morgan fingerprint density at radius 3 is 2.74 bits per heavy atom. The van der Waals surface area contributed by atoms with Crippen LogP contribution in [0, 0.1) is 6.07 Å². The number of pyridine rings is 1. The van der Waals surface area contributed by atoms with Crippen molar-refractivity contribution in [1.29, 1.82) is 0 Å². The Balaban J connectivity index is 1.92. The molecule has 0 saturated carbocycles. The molecule has 3 rings (SSSR count). The highest BCUT2D eigenvalue weighted by Crippen LogP contribution is 2.22. The number of ether oxygens (including phenoxy) is 1. The molecule has 3 heteroatoms. The molecule has 1 aromatic heterocycles. The van der Waals surface area contributed by atoms with Crippen molar-refractivity contribution in [2.24, 2.45) is 0 Å². The van der Waals surface area contributed by atoms with Gasteiger partial charge in [-0.3, -0.25) is 0 Å². The predicted molar refractivity (Wildman–Crippen MR) is 76.4 cm³/mol. The summed E-state index contributed by atoms with van der Waals surface area (Å²) in [6, 6.07) is 20.1. The first kappa shape index (κ1) is 12.0. The lowest BCUT2D eigenvalue weighted by atomic mass is 10.1. The van der Waals surface area contributed by atoms with E-state index in [1.165, 1.54) is 0 Å². The van der Waals surface area contributed by atoms with Gasteiger partial charge in [-0.1, -0.05) is 41.9 Å². The summed E-state index contributed by atoms with van der Waals surface area (Å²) in [5.41, 5.74) is 1.92. The first-order valence-electron chi connectivity index (χ1n) is 5.96. The highest BCUT2D eigenvalue weighted by Gasteiger charge is 2.05. The van der Waals surface area contributed by atoms with Crippen LogP contribution in [0.15, 0.2) is 54.6 Å². The highest BCUT2D eigenvalue weighted by atomic mass is 35.5. The summed E-state index contributed by atoms with van der Waals surface area (Å²) in [6.45, 7) is 0.465. The van der Waals surface area contributed by atoms with Gasteiger partial charge in [-0.05, 0) is 30.3 Å². The summed E-state index contributed by atoms with van der Waals surface area (Å²) in [5.74, 6) is 0.816.